The molecular formula is C73H109N3O10. The summed E-state index contributed by atoms with van der Waals surface area (Å²) in [4.78, 5) is 56.5. The molecule has 0 bridgehead atoms. The summed E-state index contributed by atoms with van der Waals surface area (Å²) in [7, 11) is 1.48. The van der Waals surface area contributed by atoms with E-state index in [-0.39, 0.29) is 51.1 Å². The molecular weight excluding hydrogens is 1080 g/mol. The molecule has 0 saturated carbocycles. The van der Waals surface area contributed by atoms with Crippen LogP contribution in [0.15, 0.2) is 121 Å². The minimum atomic E-state index is -1.26. The van der Waals surface area contributed by atoms with Crippen molar-refractivity contribution in [1.82, 2.24) is 16.0 Å². The van der Waals surface area contributed by atoms with E-state index >= 15 is 0 Å². The normalized spacial score (nSPS) is 16.8. The predicted molar refractivity (Wildman–Crippen MR) is 344 cm³/mol. The van der Waals surface area contributed by atoms with E-state index in [9.17, 15) is 19.2 Å². The number of carbonyl (C=O) groups is 4. The van der Waals surface area contributed by atoms with Crippen molar-refractivity contribution in [2.45, 2.75) is 270 Å². The van der Waals surface area contributed by atoms with Crippen LogP contribution in [0.25, 0.3) is 0 Å². The molecule has 86 heavy (non-hydrogen) atoms. The average molecular weight is 1190 g/mol. The highest BCUT2D eigenvalue weighted by atomic mass is 16.7. The second kappa shape index (κ2) is 44.9. The summed E-state index contributed by atoms with van der Waals surface area (Å²) in [6.45, 7) is 7.03. The van der Waals surface area contributed by atoms with Gasteiger partial charge in [-0.25, -0.2) is 0 Å². The zero-order chi connectivity index (χ0) is 61.1. The summed E-state index contributed by atoms with van der Waals surface area (Å²) < 4.78 is 39.2. The Kier molecular flexibility index (Phi) is 37.2. The second-order valence-corrected chi connectivity index (χ2v) is 23.8. The molecule has 0 aromatic heterocycles. The maximum Gasteiger partial charge on any atom is 0.306 e. The number of rotatable bonds is 49. The third-order valence-corrected chi connectivity index (χ3v) is 16.6. The minimum Gasteiger partial charge on any atom is -0.461 e. The van der Waals surface area contributed by atoms with Gasteiger partial charge in [-0.1, -0.05) is 289 Å². The Morgan fingerprint density at radius 1 is 0.442 bits per heavy atom. The Labute approximate surface area is 517 Å². The lowest BCUT2D eigenvalue weighted by molar-refractivity contribution is -0.195. The largest absolute Gasteiger partial charge is 0.461 e. The fourth-order valence-electron chi connectivity index (χ4n) is 11.3. The van der Waals surface area contributed by atoms with Crippen molar-refractivity contribution in [2.75, 3.05) is 13.7 Å². The molecule has 1 saturated heterocycles. The zero-order valence-electron chi connectivity index (χ0n) is 53.1. The second-order valence-electron chi connectivity index (χ2n) is 23.8. The van der Waals surface area contributed by atoms with Gasteiger partial charge < -0.3 is 44.4 Å². The number of ether oxygens (including phenoxy) is 6. The quantitative estimate of drug-likeness (QED) is 0.0287. The van der Waals surface area contributed by atoms with Crippen LogP contribution in [0.3, 0.4) is 0 Å². The van der Waals surface area contributed by atoms with Crippen LogP contribution in [-0.2, 0) is 74.0 Å². The highest BCUT2D eigenvalue weighted by Gasteiger charge is 2.50. The van der Waals surface area contributed by atoms with Gasteiger partial charge in [0, 0.05) is 19.4 Å². The topological polar surface area (TPSA) is 160 Å². The van der Waals surface area contributed by atoms with E-state index in [4.69, 9.17) is 28.4 Å². The highest BCUT2D eigenvalue weighted by Crippen LogP contribution is 2.33. The maximum absolute atomic E-state index is 14.9. The van der Waals surface area contributed by atoms with Gasteiger partial charge in [-0.15, -0.1) is 0 Å². The molecule has 5 rings (SSSR count). The van der Waals surface area contributed by atoms with E-state index in [0.717, 1.165) is 60.8 Å². The SMILES string of the molecule is CCCCCCCCCCCCCCC(CCCCCCCCCCCCCC)C(=O)N[C@H](CO[C@@H]1O[C@H]([C@H](C)OCc2ccccc2)[C@@H](OCc2ccccc2)[C@@H]1OCc1ccccc1)C(=O)N[C@@H](CCC(=O)OCc1ccccc1)C(=O)NC. The van der Waals surface area contributed by atoms with E-state index in [2.05, 4.69) is 29.8 Å². The van der Waals surface area contributed by atoms with Crippen LogP contribution in [-0.4, -0.2) is 80.1 Å². The molecule has 4 aromatic carbocycles. The van der Waals surface area contributed by atoms with Crippen molar-refractivity contribution in [3.8, 4) is 0 Å². The Bertz CT molecular complexity index is 2340. The molecule has 13 heteroatoms. The predicted octanol–water partition coefficient (Wildman–Crippen LogP) is 15.5. The van der Waals surface area contributed by atoms with Crippen LogP contribution < -0.4 is 16.0 Å². The fourth-order valence-corrected chi connectivity index (χ4v) is 11.3. The standard InChI is InChI=1S/C73H109N3O10/c1-5-7-9-11-13-15-17-19-21-23-25-39-49-63(50-40-26-24-22-20-18-16-14-12-10-8-6-2)70(78)76-65(72(80)75-64(71(79)74-4)51-52-66(77)82-54-60-43-33-28-34-44-60)57-85-73-69(84-56-62-47-37-30-38-48-62)68(83-55-61-45-35-29-36-46-61)67(86-73)58(3)81-53-59-41-31-27-32-42-59/h27-38,41-48,58,63-65,67-69,73H,5-26,39-40,49-57H2,1-4H3,(H,74,79)(H,75,80)(H,76,78)/t58-,64-,65+,67+,68+,69-,73+/m0/s1. The first kappa shape index (κ1) is 71.3. The molecule has 3 amide bonds. The van der Waals surface area contributed by atoms with E-state index in [1.807, 2.05) is 128 Å². The molecule has 1 heterocycles. The number of unbranched alkanes of at least 4 members (excludes halogenated alkanes) is 22. The summed E-state index contributed by atoms with van der Waals surface area (Å²) >= 11 is 0. The summed E-state index contributed by atoms with van der Waals surface area (Å²) in [6.07, 6.45) is 26.8. The van der Waals surface area contributed by atoms with Crippen molar-refractivity contribution in [3.63, 3.8) is 0 Å². The summed E-state index contributed by atoms with van der Waals surface area (Å²) in [5, 5.41) is 8.69. The van der Waals surface area contributed by atoms with Crippen molar-refractivity contribution < 1.29 is 47.6 Å². The minimum absolute atomic E-state index is 0.0365. The first-order chi connectivity index (χ1) is 42.2. The fraction of sp³-hybridized carbons (Fsp3) is 0.616. The van der Waals surface area contributed by atoms with Crippen LogP contribution >= 0.6 is 0 Å². The maximum atomic E-state index is 14.9. The van der Waals surface area contributed by atoms with Crippen molar-refractivity contribution in [2.24, 2.45) is 5.92 Å². The number of amides is 3. The summed E-state index contributed by atoms with van der Waals surface area (Å²) in [5.41, 5.74) is 3.74. The molecule has 0 aliphatic carbocycles. The molecule has 0 radical (unpaired) electrons. The van der Waals surface area contributed by atoms with Gasteiger partial charge in [-0.2, -0.15) is 0 Å². The van der Waals surface area contributed by atoms with Crippen molar-refractivity contribution in [3.05, 3.63) is 144 Å². The van der Waals surface area contributed by atoms with Gasteiger partial charge in [0.15, 0.2) is 6.29 Å². The van der Waals surface area contributed by atoms with Gasteiger partial charge in [-0.3, -0.25) is 19.2 Å². The number of nitrogens with one attached hydrogen (secondary N) is 3. The van der Waals surface area contributed by atoms with E-state index in [1.54, 1.807) is 0 Å². The number of carbonyl (C=O) groups excluding carboxylic acids is 4. The first-order valence-electron chi connectivity index (χ1n) is 33.4. The van der Waals surface area contributed by atoms with Crippen LogP contribution in [0.1, 0.15) is 223 Å². The molecule has 0 unspecified atom stereocenters. The average Bonchev–Trinajstić information content (AvgIpc) is 2.17. The van der Waals surface area contributed by atoms with E-state index in [0.29, 0.717) is 19.4 Å². The van der Waals surface area contributed by atoms with Gasteiger partial charge >= 0.3 is 5.97 Å². The van der Waals surface area contributed by atoms with Crippen LogP contribution in [0.4, 0.5) is 0 Å². The molecule has 7 atom stereocenters. The molecule has 4 aromatic rings. The molecule has 476 valence electrons. The number of hydrogen-bond acceptors (Lipinski definition) is 10. The lowest BCUT2D eigenvalue weighted by Crippen LogP contribution is -2.56. The van der Waals surface area contributed by atoms with E-state index in [1.165, 1.54) is 123 Å². The Hall–Kier alpha value is -5.44. The zero-order valence-corrected chi connectivity index (χ0v) is 53.1. The monoisotopic (exact) mass is 1190 g/mol. The van der Waals surface area contributed by atoms with E-state index < -0.39 is 60.6 Å². The van der Waals surface area contributed by atoms with Crippen LogP contribution in [0.2, 0.25) is 0 Å². The molecule has 1 fully saturated rings. The van der Waals surface area contributed by atoms with Gasteiger partial charge in [0.05, 0.1) is 32.5 Å². The lowest BCUT2D eigenvalue weighted by Gasteiger charge is -2.28. The number of esters is 1. The molecule has 1 aliphatic heterocycles. The highest BCUT2D eigenvalue weighted by molar-refractivity contribution is 5.92. The van der Waals surface area contributed by atoms with Gasteiger partial charge in [0.2, 0.25) is 17.7 Å². The van der Waals surface area contributed by atoms with Gasteiger partial charge in [0.1, 0.15) is 37.0 Å². The Morgan fingerprint density at radius 2 is 0.837 bits per heavy atom. The first-order valence-corrected chi connectivity index (χ1v) is 33.4. The van der Waals surface area contributed by atoms with Crippen LogP contribution in [0, 0.1) is 5.92 Å². The Morgan fingerprint density at radius 3 is 1.28 bits per heavy atom. The third kappa shape index (κ3) is 29.5. The number of likely N-dealkylation sites (N-methyl/N-ethyl adjacent to an activating group) is 1. The number of benzene rings is 4. The summed E-state index contributed by atoms with van der Waals surface area (Å²) in [6, 6.07) is 36.7. The smallest absolute Gasteiger partial charge is 0.306 e. The molecule has 0 spiro atoms. The summed E-state index contributed by atoms with van der Waals surface area (Å²) in [5.74, 6) is -2.19. The van der Waals surface area contributed by atoms with Crippen molar-refractivity contribution >= 4 is 23.7 Å². The third-order valence-electron chi connectivity index (χ3n) is 16.6. The molecule has 13 nitrogen and oxygen atoms in total. The van der Waals surface area contributed by atoms with Crippen molar-refractivity contribution in [1.29, 1.82) is 0 Å². The van der Waals surface area contributed by atoms with Crippen LogP contribution in [0.5, 0.6) is 0 Å². The number of hydrogen-bond donors (Lipinski definition) is 3. The Balaban J connectivity index is 1.36. The lowest BCUT2D eigenvalue weighted by atomic mass is 9.93. The molecule has 1 aliphatic rings. The molecule has 3 N–H and O–H groups in total. The van der Waals surface area contributed by atoms with Gasteiger partial charge in [0.25, 0.3) is 0 Å². The van der Waals surface area contributed by atoms with Gasteiger partial charge in [-0.05, 0) is 48.4 Å².